The molecule has 0 saturated carbocycles. The molecule has 0 aliphatic carbocycles. The first-order valence-corrected chi connectivity index (χ1v) is 6.53. The second-order valence-electron chi connectivity index (χ2n) is 4.66. The minimum absolute atomic E-state index is 0.324. The van der Waals surface area contributed by atoms with Gasteiger partial charge in [0.15, 0.2) is 5.34 Å². The molecule has 1 rings (SSSR count). The van der Waals surface area contributed by atoms with Crippen LogP contribution in [0.15, 0.2) is 11.5 Å². The van der Waals surface area contributed by atoms with Crippen LogP contribution < -0.4 is 0 Å². The highest BCUT2D eigenvalue weighted by molar-refractivity contribution is 6.32. The summed E-state index contributed by atoms with van der Waals surface area (Å²) in [6, 6.07) is 0. The Hall–Kier alpha value is -1.63. The first-order valence-electron chi connectivity index (χ1n) is 6.16. The number of aryl methyl sites for hydroxylation is 1. The van der Waals surface area contributed by atoms with Gasteiger partial charge in [-0.2, -0.15) is 5.10 Å². The second-order valence-corrected chi connectivity index (χ2v) is 5.02. The van der Waals surface area contributed by atoms with Gasteiger partial charge in [0.25, 0.3) is 0 Å². The molecule has 0 aromatic carbocycles. The summed E-state index contributed by atoms with van der Waals surface area (Å²) in [7, 11) is 0. The van der Waals surface area contributed by atoms with Gasteiger partial charge in [0.1, 0.15) is 16.3 Å². The smallest absolute Gasteiger partial charge is 0.342 e. The molecule has 0 spiro atoms. The lowest BCUT2D eigenvalue weighted by atomic mass is 10.2. The Bertz CT molecular complexity index is 440. The van der Waals surface area contributed by atoms with Gasteiger partial charge >= 0.3 is 5.97 Å². The van der Waals surface area contributed by atoms with Crippen molar-refractivity contribution in [3.05, 3.63) is 21.8 Å². The van der Waals surface area contributed by atoms with Crippen LogP contribution in [0, 0.1) is 4.91 Å². The number of carbonyl (C=O) groups excluding carboxylic acids is 1. The molecule has 0 radical (unpaired) electrons. The molecule has 0 bridgehead atoms. The van der Waals surface area contributed by atoms with Gasteiger partial charge in [-0.25, -0.2) is 4.79 Å². The predicted octanol–water partition coefficient (Wildman–Crippen LogP) is 3.22. The Labute approximate surface area is 123 Å². The van der Waals surface area contributed by atoms with E-state index in [1.165, 1.54) is 10.9 Å². The van der Waals surface area contributed by atoms with Crippen LogP contribution in [0.1, 0.15) is 45.0 Å². The topological polar surface area (TPSA) is 82.8 Å². The van der Waals surface area contributed by atoms with Crippen LogP contribution in [0.5, 0.6) is 0 Å². The maximum Gasteiger partial charge on any atom is 0.342 e. The lowest BCUT2D eigenvalue weighted by molar-refractivity contribution is -0.00230. The van der Waals surface area contributed by atoms with Crippen molar-refractivity contribution in [2.24, 2.45) is 5.34 Å². The van der Waals surface area contributed by atoms with Gasteiger partial charge in [-0.3, -0.25) is 4.68 Å². The largest absolute Gasteiger partial charge is 0.462 e. The maximum absolute atomic E-state index is 11.2. The SMILES string of the molecule is CC(C)(C)ON=O.CCOC(=O)c1cnn(CC)c1Cl. The molecule has 0 unspecified atom stereocenters. The lowest BCUT2D eigenvalue weighted by Crippen LogP contribution is -2.14. The summed E-state index contributed by atoms with van der Waals surface area (Å²) in [5, 5.41) is 6.51. The highest BCUT2D eigenvalue weighted by Crippen LogP contribution is 2.15. The van der Waals surface area contributed by atoms with Gasteiger partial charge < -0.3 is 9.57 Å². The van der Waals surface area contributed by atoms with Gasteiger partial charge in [-0.1, -0.05) is 11.6 Å². The van der Waals surface area contributed by atoms with Crippen molar-refractivity contribution in [3.63, 3.8) is 0 Å². The quantitative estimate of drug-likeness (QED) is 0.484. The monoisotopic (exact) mass is 305 g/mol. The van der Waals surface area contributed by atoms with Crippen molar-refractivity contribution < 1.29 is 14.4 Å². The summed E-state index contributed by atoms with van der Waals surface area (Å²) < 4.78 is 6.33. The van der Waals surface area contributed by atoms with E-state index in [2.05, 4.69) is 15.3 Å². The van der Waals surface area contributed by atoms with E-state index in [1.54, 1.807) is 27.7 Å². The van der Waals surface area contributed by atoms with E-state index < -0.39 is 11.6 Å². The maximum atomic E-state index is 11.2. The number of esters is 1. The molecule has 1 heterocycles. The van der Waals surface area contributed by atoms with Gasteiger partial charge in [0.05, 0.1) is 12.8 Å². The summed E-state index contributed by atoms with van der Waals surface area (Å²) >= 11 is 5.85. The molecular weight excluding hydrogens is 286 g/mol. The van der Waals surface area contributed by atoms with Crippen molar-refractivity contribution in [2.75, 3.05) is 6.61 Å². The van der Waals surface area contributed by atoms with Crippen LogP contribution in [0.4, 0.5) is 0 Å². The summed E-state index contributed by atoms with van der Waals surface area (Å²) in [6.07, 6.45) is 1.42. The van der Waals surface area contributed by atoms with Crippen molar-refractivity contribution in [1.29, 1.82) is 0 Å². The zero-order chi connectivity index (χ0) is 15.8. The third-order valence-corrected chi connectivity index (χ3v) is 2.28. The summed E-state index contributed by atoms with van der Waals surface area (Å²) in [5.74, 6) is -0.424. The van der Waals surface area contributed by atoms with Crippen LogP contribution >= 0.6 is 11.6 Å². The fourth-order valence-corrected chi connectivity index (χ4v) is 1.34. The number of aromatic nitrogens is 2. The van der Waals surface area contributed by atoms with E-state index in [-0.39, 0.29) is 0 Å². The fraction of sp³-hybridized carbons (Fsp3) is 0.667. The minimum Gasteiger partial charge on any atom is -0.462 e. The first-order chi connectivity index (χ1) is 9.26. The Morgan fingerprint density at radius 3 is 2.35 bits per heavy atom. The summed E-state index contributed by atoms with van der Waals surface area (Å²) in [6.45, 7) is 9.89. The predicted molar refractivity (Wildman–Crippen MR) is 75.5 cm³/mol. The van der Waals surface area contributed by atoms with Crippen molar-refractivity contribution in [1.82, 2.24) is 9.78 Å². The molecular formula is C12H20ClN3O4. The zero-order valence-corrected chi connectivity index (χ0v) is 13.1. The van der Waals surface area contributed by atoms with Gasteiger partial charge in [0, 0.05) is 6.54 Å². The number of halogens is 1. The molecule has 1 aromatic heterocycles. The van der Waals surface area contributed by atoms with Gasteiger partial charge in [-0.05, 0) is 34.6 Å². The highest BCUT2D eigenvalue weighted by atomic mass is 35.5. The molecule has 0 atom stereocenters. The van der Waals surface area contributed by atoms with Crippen LogP contribution in [0.25, 0.3) is 0 Å². The Morgan fingerprint density at radius 1 is 1.45 bits per heavy atom. The molecule has 0 saturated heterocycles. The number of ether oxygens (including phenoxy) is 1. The molecule has 7 nitrogen and oxygen atoms in total. The average Bonchev–Trinajstić information content (AvgIpc) is 2.70. The van der Waals surface area contributed by atoms with Crippen LogP contribution in [0.2, 0.25) is 5.15 Å². The first kappa shape index (κ1) is 18.4. The Kier molecular flexibility index (Phi) is 7.83. The van der Waals surface area contributed by atoms with E-state index in [0.29, 0.717) is 23.9 Å². The van der Waals surface area contributed by atoms with Crippen LogP contribution in [-0.4, -0.2) is 28.0 Å². The molecule has 0 fully saturated rings. The van der Waals surface area contributed by atoms with Crippen molar-refractivity contribution in [3.8, 4) is 0 Å². The lowest BCUT2D eigenvalue weighted by Gasteiger charge is -2.11. The zero-order valence-electron chi connectivity index (χ0n) is 12.3. The average molecular weight is 306 g/mol. The summed E-state index contributed by atoms with van der Waals surface area (Å²) in [4.78, 5) is 24.9. The Balaban J connectivity index is 0.000000441. The van der Waals surface area contributed by atoms with E-state index >= 15 is 0 Å². The van der Waals surface area contributed by atoms with E-state index in [1.807, 2.05) is 6.92 Å². The van der Waals surface area contributed by atoms with Crippen molar-refractivity contribution >= 4 is 17.6 Å². The van der Waals surface area contributed by atoms with E-state index in [9.17, 15) is 9.70 Å². The molecule has 0 amide bonds. The summed E-state index contributed by atoms with van der Waals surface area (Å²) in [5.41, 5.74) is -0.104. The third kappa shape index (κ3) is 6.51. The number of hydrogen-bond donors (Lipinski definition) is 0. The van der Waals surface area contributed by atoms with Gasteiger partial charge in [0.2, 0.25) is 0 Å². The molecule has 0 aliphatic rings. The number of rotatable bonds is 4. The molecule has 114 valence electrons. The molecule has 1 aromatic rings. The van der Waals surface area contributed by atoms with Gasteiger partial charge in [-0.15, -0.1) is 4.91 Å². The molecule has 0 N–H and O–H groups in total. The highest BCUT2D eigenvalue weighted by Gasteiger charge is 2.15. The van der Waals surface area contributed by atoms with Crippen molar-refractivity contribution in [2.45, 2.75) is 46.8 Å². The fourth-order valence-electron chi connectivity index (χ4n) is 1.05. The molecule has 8 heteroatoms. The third-order valence-electron chi connectivity index (χ3n) is 1.88. The Morgan fingerprint density at radius 2 is 2.05 bits per heavy atom. The minimum atomic E-state index is -0.429. The number of carbonyl (C=O) groups is 1. The van der Waals surface area contributed by atoms with E-state index in [0.717, 1.165) is 0 Å². The van der Waals surface area contributed by atoms with E-state index in [4.69, 9.17) is 16.3 Å². The molecule has 20 heavy (non-hydrogen) atoms. The number of nitrogens with zero attached hydrogens (tertiary/aromatic N) is 3. The number of hydrogen-bond acceptors (Lipinski definition) is 6. The van der Waals surface area contributed by atoms with Crippen LogP contribution in [-0.2, 0) is 16.1 Å². The van der Waals surface area contributed by atoms with Crippen LogP contribution in [0.3, 0.4) is 0 Å². The standard InChI is InChI=1S/C8H11ClN2O2.C4H9NO2/c1-3-11-7(9)6(5-10-11)8(12)13-4-2;1-4(2,3)7-5-6/h5H,3-4H2,1-2H3;1-3H3. The second kappa shape index (κ2) is 8.52. The normalized spacial score (nSPS) is 10.3. The molecule has 0 aliphatic heterocycles.